The summed E-state index contributed by atoms with van der Waals surface area (Å²) in [5.74, 6) is -0.321. The molecule has 1 aromatic heterocycles. The lowest BCUT2D eigenvalue weighted by Crippen LogP contribution is -2.20. The van der Waals surface area contributed by atoms with Gasteiger partial charge in [0.2, 0.25) is 5.88 Å². The van der Waals surface area contributed by atoms with E-state index in [0.29, 0.717) is 6.54 Å². The molecular weight excluding hydrogens is 285 g/mol. The van der Waals surface area contributed by atoms with Gasteiger partial charge in [0.25, 0.3) is 0 Å². The number of pyridine rings is 1. The largest absolute Gasteiger partial charge is 0.508 e. The fraction of sp³-hybridized carbons (Fsp3) is 0.357. The van der Waals surface area contributed by atoms with E-state index in [0.717, 1.165) is 12.1 Å². The molecular formula is C14H15F3N2O2. The SMILES string of the molecule is CN(C)CCOc1cc(C(F)(F)F)c2cc(O)ccc2n1. The number of halogens is 3. The second kappa shape index (κ2) is 5.77. The first-order chi connectivity index (χ1) is 9.77. The first-order valence-corrected chi connectivity index (χ1v) is 6.26. The van der Waals surface area contributed by atoms with Crippen LogP contribution in [0.1, 0.15) is 5.56 Å². The van der Waals surface area contributed by atoms with Gasteiger partial charge in [-0.15, -0.1) is 0 Å². The van der Waals surface area contributed by atoms with E-state index in [1.807, 2.05) is 19.0 Å². The molecule has 0 amide bonds. The summed E-state index contributed by atoms with van der Waals surface area (Å²) in [5.41, 5.74) is -0.745. The highest BCUT2D eigenvalue weighted by Gasteiger charge is 2.33. The quantitative estimate of drug-likeness (QED) is 0.943. The molecule has 1 N–H and O–H groups in total. The molecule has 7 heteroatoms. The summed E-state index contributed by atoms with van der Waals surface area (Å²) < 4.78 is 44.6. The van der Waals surface area contributed by atoms with Gasteiger partial charge < -0.3 is 14.7 Å². The zero-order valence-corrected chi connectivity index (χ0v) is 11.6. The molecule has 0 aliphatic carbocycles. The zero-order chi connectivity index (χ0) is 15.6. The summed E-state index contributed by atoms with van der Waals surface area (Å²) in [6, 6.07) is 4.53. The maximum Gasteiger partial charge on any atom is 0.417 e. The fourth-order valence-corrected chi connectivity index (χ4v) is 1.83. The number of phenols is 1. The Kier molecular flexibility index (Phi) is 4.22. The Balaban J connectivity index is 2.43. The van der Waals surface area contributed by atoms with Crippen LogP contribution >= 0.6 is 0 Å². The van der Waals surface area contributed by atoms with Crippen LogP contribution in [0.5, 0.6) is 11.6 Å². The summed E-state index contributed by atoms with van der Waals surface area (Å²) in [6.45, 7) is 0.803. The standard InChI is InChI=1S/C14H15F3N2O2/c1-19(2)5-6-21-13-8-11(14(15,16)17)10-7-9(20)3-4-12(10)18-13/h3-4,7-8,20H,5-6H2,1-2H3. The molecule has 0 fully saturated rings. The third-order valence-electron chi connectivity index (χ3n) is 2.86. The number of nitrogens with zero attached hydrogens (tertiary/aromatic N) is 2. The number of likely N-dealkylation sites (N-methyl/N-ethyl adjacent to an activating group) is 1. The normalized spacial score (nSPS) is 12.1. The second-order valence-electron chi connectivity index (χ2n) is 4.86. The lowest BCUT2D eigenvalue weighted by atomic mass is 10.1. The summed E-state index contributed by atoms with van der Waals surface area (Å²) in [7, 11) is 3.67. The number of hydrogen-bond donors (Lipinski definition) is 1. The maximum absolute atomic E-state index is 13.1. The molecule has 0 radical (unpaired) electrons. The lowest BCUT2D eigenvalue weighted by molar-refractivity contribution is -0.136. The van der Waals surface area contributed by atoms with Gasteiger partial charge in [-0.2, -0.15) is 13.2 Å². The molecule has 0 bridgehead atoms. The van der Waals surface area contributed by atoms with Crippen LogP contribution in [0.25, 0.3) is 10.9 Å². The van der Waals surface area contributed by atoms with Crippen LogP contribution in [0.3, 0.4) is 0 Å². The fourth-order valence-electron chi connectivity index (χ4n) is 1.83. The number of aromatic nitrogens is 1. The number of alkyl halides is 3. The predicted octanol–water partition coefficient (Wildman–Crippen LogP) is 2.90. The molecule has 0 unspecified atom stereocenters. The van der Waals surface area contributed by atoms with E-state index in [9.17, 15) is 18.3 Å². The summed E-state index contributed by atoms with van der Waals surface area (Å²) in [4.78, 5) is 5.89. The highest BCUT2D eigenvalue weighted by atomic mass is 19.4. The number of rotatable bonds is 4. The Labute approximate surface area is 119 Å². The Bertz CT molecular complexity index is 642. The minimum Gasteiger partial charge on any atom is -0.508 e. The van der Waals surface area contributed by atoms with Gasteiger partial charge >= 0.3 is 6.18 Å². The molecule has 1 heterocycles. The third kappa shape index (κ3) is 3.75. The van der Waals surface area contributed by atoms with Crippen LogP contribution in [-0.4, -0.2) is 42.2 Å². The van der Waals surface area contributed by atoms with E-state index >= 15 is 0 Å². The topological polar surface area (TPSA) is 45.6 Å². The molecule has 0 saturated carbocycles. The van der Waals surface area contributed by atoms with E-state index in [4.69, 9.17) is 4.74 Å². The number of fused-ring (bicyclic) bond motifs is 1. The van der Waals surface area contributed by atoms with Gasteiger partial charge in [0, 0.05) is 18.0 Å². The summed E-state index contributed by atoms with van der Waals surface area (Å²) >= 11 is 0. The monoisotopic (exact) mass is 300 g/mol. The number of ether oxygens (including phenoxy) is 1. The van der Waals surface area contributed by atoms with Crippen molar-refractivity contribution in [3.63, 3.8) is 0 Å². The van der Waals surface area contributed by atoms with Crippen molar-refractivity contribution in [1.82, 2.24) is 9.88 Å². The molecule has 1 aromatic carbocycles. The molecule has 0 aliphatic heterocycles. The van der Waals surface area contributed by atoms with E-state index in [1.54, 1.807) is 0 Å². The van der Waals surface area contributed by atoms with Crippen LogP contribution in [0.4, 0.5) is 13.2 Å². The van der Waals surface area contributed by atoms with Crippen molar-refractivity contribution in [1.29, 1.82) is 0 Å². The Morgan fingerprint density at radius 1 is 1.24 bits per heavy atom. The summed E-state index contributed by atoms with van der Waals surface area (Å²) in [5, 5.41) is 9.21. The second-order valence-corrected chi connectivity index (χ2v) is 4.86. The van der Waals surface area contributed by atoms with E-state index in [1.165, 1.54) is 12.1 Å². The van der Waals surface area contributed by atoms with Crippen LogP contribution in [-0.2, 0) is 6.18 Å². The Morgan fingerprint density at radius 3 is 2.57 bits per heavy atom. The van der Waals surface area contributed by atoms with E-state index in [2.05, 4.69) is 4.98 Å². The highest BCUT2D eigenvalue weighted by molar-refractivity contribution is 5.84. The van der Waals surface area contributed by atoms with Gasteiger partial charge in [-0.3, -0.25) is 0 Å². The lowest BCUT2D eigenvalue weighted by Gasteiger charge is -2.14. The molecule has 0 atom stereocenters. The van der Waals surface area contributed by atoms with E-state index in [-0.39, 0.29) is 29.1 Å². The molecule has 2 aromatic rings. The van der Waals surface area contributed by atoms with Gasteiger partial charge in [-0.1, -0.05) is 0 Å². The van der Waals surface area contributed by atoms with Gasteiger partial charge in [-0.05, 0) is 32.3 Å². The minimum atomic E-state index is -4.55. The Morgan fingerprint density at radius 2 is 1.95 bits per heavy atom. The molecule has 4 nitrogen and oxygen atoms in total. The van der Waals surface area contributed by atoms with Crippen molar-refractivity contribution in [2.24, 2.45) is 0 Å². The molecule has 0 spiro atoms. The van der Waals surface area contributed by atoms with Crippen molar-refractivity contribution >= 4 is 10.9 Å². The Hall–Kier alpha value is -2.02. The van der Waals surface area contributed by atoms with E-state index < -0.39 is 11.7 Å². The highest BCUT2D eigenvalue weighted by Crippen LogP contribution is 2.37. The van der Waals surface area contributed by atoms with Gasteiger partial charge in [-0.25, -0.2) is 4.98 Å². The first kappa shape index (κ1) is 15.4. The van der Waals surface area contributed by atoms with Gasteiger partial charge in [0.05, 0.1) is 11.1 Å². The van der Waals surface area contributed by atoms with Crippen molar-refractivity contribution in [3.05, 3.63) is 29.8 Å². The van der Waals surface area contributed by atoms with Crippen molar-refractivity contribution in [2.45, 2.75) is 6.18 Å². The molecule has 0 aliphatic rings. The van der Waals surface area contributed by atoms with Crippen LogP contribution in [0, 0.1) is 0 Å². The van der Waals surface area contributed by atoms with Crippen LogP contribution < -0.4 is 4.74 Å². The number of aromatic hydroxyl groups is 1. The third-order valence-corrected chi connectivity index (χ3v) is 2.86. The van der Waals surface area contributed by atoms with Crippen molar-refractivity contribution in [3.8, 4) is 11.6 Å². The van der Waals surface area contributed by atoms with Crippen LogP contribution in [0.2, 0.25) is 0 Å². The number of benzene rings is 1. The van der Waals surface area contributed by atoms with Crippen molar-refractivity contribution < 1.29 is 23.0 Å². The number of phenolic OH excluding ortho intramolecular Hbond substituents is 1. The predicted molar refractivity (Wildman–Crippen MR) is 72.5 cm³/mol. The zero-order valence-electron chi connectivity index (χ0n) is 11.6. The van der Waals surface area contributed by atoms with Crippen molar-refractivity contribution in [2.75, 3.05) is 27.2 Å². The summed E-state index contributed by atoms with van der Waals surface area (Å²) in [6.07, 6.45) is -4.55. The molecule has 2 rings (SSSR count). The molecule has 0 saturated heterocycles. The average molecular weight is 300 g/mol. The number of hydrogen-bond acceptors (Lipinski definition) is 4. The van der Waals surface area contributed by atoms with Crippen LogP contribution in [0.15, 0.2) is 24.3 Å². The smallest absolute Gasteiger partial charge is 0.417 e. The molecule has 21 heavy (non-hydrogen) atoms. The molecule has 114 valence electrons. The average Bonchev–Trinajstić information content (AvgIpc) is 2.36. The van der Waals surface area contributed by atoms with Gasteiger partial charge in [0.1, 0.15) is 12.4 Å². The van der Waals surface area contributed by atoms with Gasteiger partial charge in [0.15, 0.2) is 0 Å². The first-order valence-electron chi connectivity index (χ1n) is 6.26. The minimum absolute atomic E-state index is 0.0811. The maximum atomic E-state index is 13.1.